The molecule has 0 fully saturated rings. The zero-order valence-corrected chi connectivity index (χ0v) is 14.7. The number of aromatic nitrogens is 1. The van der Waals surface area contributed by atoms with Crippen LogP contribution in [0.3, 0.4) is 0 Å². The van der Waals surface area contributed by atoms with Crippen molar-refractivity contribution >= 4 is 23.4 Å². The van der Waals surface area contributed by atoms with Crippen molar-refractivity contribution < 1.29 is 19.1 Å². The molecule has 1 aromatic rings. The van der Waals surface area contributed by atoms with Crippen molar-refractivity contribution in [1.82, 2.24) is 10.3 Å². The van der Waals surface area contributed by atoms with E-state index in [0.29, 0.717) is 5.01 Å². The molecule has 22 heavy (non-hydrogen) atoms. The first-order chi connectivity index (χ1) is 10.2. The predicted octanol–water partition coefficient (Wildman–Crippen LogP) is 3.54. The Kier molecular flexibility index (Phi) is 6.34. The molecule has 1 N–H and O–H groups in total. The Morgan fingerprint density at radius 3 is 2.55 bits per heavy atom. The van der Waals surface area contributed by atoms with Crippen molar-refractivity contribution in [1.29, 1.82) is 0 Å². The van der Waals surface area contributed by atoms with Crippen LogP contribution in [0.4, 0.5) is 4.79 Å². The average Bonchev–Trinajstić information content (AvgIpc) is 2.90. The van der Waals surface area contributed by atoms with Gasteiger partial charge in [-0.3, -0.25) is 0 Å². The molecule has 7 heteroatoms. The van der Waals surface area contributed by atoms with Gasteiger partial charge in [0.05, 0.1) is 13.2 Å². The first kappa shape index (κ1) is 18.4. The van der Waals surface area contributed by atoms with E-state index in [1.54, 1.807) is 5.38 Å². The maximum atomic E-state index is 12.0. The van der Waals surface area contributed by atoms with E-state index >= 15 is 0 Å². The van der Waals surface area contributed by atoms with Gasteiger partial charge in [-0.15, -0.1) is 11.3 Å². The summed E-state index contributed by atoms with van der Waals surface area (Å²) in [5.41, 5.74) is -0.314. The molecule has 0 aliphatic carbocycles. The van der Waals surface area contributed by atoms with Crippen molar-refractivity contribution in [3.8, 4) is 0 Å². The number of alkyl carbamates (subject to hydrolysis) is 1. The lowest BCUT2D eigenvalue weighted by Gasteiger charge is -2.25. The normalized spacial score (nSPS) is 14.1. The fourth-order valence-corrected chi connectivity index (χ4v) is 2.72. The van der Waals surface area contributed by atoms with Crippen molar-refractivity contribution in [2.75, 3.05) is 7.11 Å². The quantitative estimate of drug-likeness (QED) is 0.837. The molecule has 0 aliphatic heterocycles. The summed E-state index contributed by atoms with van der Waals surface area (Å²) >= 11 is 1.32. The van der Waals surface area contributed by atoms with E-state index in [2.05, 4.69) is 15.0 Å². The monoisotopic (exact) mass is 328 g/mol. The molecule has 0 unspecified atom stereocenters. The van der Waals surface area contributed by atoms with Crippen LogP contribution in [-0.4, -0.2) is 29.8 Å². The summed E-state index contributed by atoms with van der Waals surface area (Å²) in [6.45, 7) is 9.47. The van der Waals surface area contributed by atoms with Gasteiger partial charge in [0.1, 0.15) is 10.6 Å². The van der Waals surface area contributed by atoms with Gasteiger partial charge in [-0.25, -0.2) is 14.6 Å². The third-order valence-electron chi connectivity index (χ3n) is 3.07. The Labute approximate surface area is 135 Å². The number of carbonyl (C=O) groups excluding carboxylic acids is 2. The summed E-state index contributed by atoms with van der Waals surface area (Å²) in [6.07, 6.45) is 0.362. The van der Waals surface area contributed by atoms with Crippen molar-refractivity contribution in [3.05, 3.63) is 16.1 Å². The first-order valence-corrected chi connectivity index (χ1v) is 8.09. The molecule has 124 valence electrons. The highest BCUT2D eigenvalue weighted by Gasteiger charge is 2.27. The molecule has 0 saturated carbocycles. The van der Waals surface area contributed by atoms with Crippen LogP contribution in [0.15, 0.2) is 5.38 Å². The molecule has 0 spiro atoms. The molecule has 0 bridgehead atoms. The van der Waals surface area contributed by atoms with E-state index < -0.39 is 17.7 Å². The molecule has 0 aliphatic rings. The van der Waals surface area contributed by atoms with E-state index in [1.807, 2.05) is 34.6 Å². The molecular weight excluding hydrogens is 304 g/mol. The fourth-order valence-electron chi connectivity index (χ4n) is 1.75. The lowest BCUT2D eigenvalue weighted by Crippen LogP contribution is -2.37. The van der Waals surface area contributed by atoms with Crippen LogP contribution in [0.5, 0.6) is 0 Å². The average molecular weight is 328 g/mol. The summed E-state index contributed by atoms with van der Waals surface area (Å²) < 4.78 is 9.95. The second-order valence-corrected chi connectivity index (χ2v) is 6.96. The number of hydrogen-bond acceptors (Lipinski definition) is 6. The van der Waals surface area contributed by atoms with Crippen LogP contribution in [-0.2, 0) is 9.47 Å². The number of nitrogens with one attached hydrogen (secondary N) is 1. The van der Waals surface area contributed by atoms with Gasteiger partial charge < -0.3 is 14.8 Å². The third-order valence-corrected chi connectivity index (χ3v) is 4.00. The van der Waals surface area contributed by atoms with Gasteiger partial charge in [-0.1, -0.05) is 20.3 Å². The standard InChI is InChI=1S/C15H24N2O4S/c1-7-9(2)11(17-14(19)21-15(3,4)5)12-16-10(8-22-12)13(18)20-6/h8-9,11H,7H2,1-6H3,(H,17,19)/t9-,11+/m1/s1. The van der Waals surface area contributed by atoms with Crippen LogP contribution in [0.2, 0.25) is 0 Å². The lowest BCUT2D eigenvalue weighted by atomic mass is 10.00. The molecular formula is C15H24N2O4S. The number of methoxy groups -OCH3 is 1. The van der Waals surface area contributed by atoms with Crippen LogP contribution in [0.25, 0.3) is 0 Å². The van der Waals surface area contributed by atoms with E-state index in [9.17, 15) is 9.59 Å². The second kappa shape index (κ2) is 7.58. The van der Waals surface area contributed by atoms with E-state index in [-0.39, 0.29) is 17.7 Å². The smallest absolute Gasteiger partial charge is 0.408 e. The zero-order valence-electron chi connectivity index (χ0n) is 13.9. The number of nitrogens with zero attached hydrogens (tertiary/aromatic N) is 1. The van der Waals surface area contributed by atoms with Crippen molar-refractivity contribution in [3.63, 3.8) is 0 Å². The molecule has 0 saturated heterocycles. The summed E-state index contributed by atoms with van der Waals surface area (Å²) in [5.74, 6) is -0.327. The van der Waals surface area contributed by atoms with Crippen molar-refractivity contribution in [2.45, 2.75) is 52.7 Å². The van der Waals surface area contributed by atoms with Crippen LogP contribution in [0, 0.1) is 5.92 Å². The number of hydrogen-bond donors (Lipinski definition) is 1. The Balaban J connectivity index is 2.91. The number of carbonyl (C=O) groups is 2. The van der Waals surface area contributed by atoms with E-state index in [4.69, 9.17) is 4.74 Å². The molecule has 1 rings (SSSR count). The minimum Gasteiger partial charge on any atom is -0.464 e. The fraction of sp³-hybridized carbons (Fsp3) is 0.667. The summed E-state index contributed by atoms with van der Waals surface area (Å²) in [5, 5.41) is 5.14. The Morgan fingerprint density at radius 2 is 2.05 bits per heavy atom. The number of rotatable bonds is 5. The Bertz CT molecular complexity index is 522. The lowest BCUT2D eigenvalue weighted by molar-refractivity contribution is 0.0486. The molecule has 1 amide bonds. The SMILES string of the molecule is CC[C@@H](C)[C@H](NC(=O)OC(C)(C)C)c1nc(C(=O)OC)cs1. The zero-order chi connectivity index (χ0) is 16.9. The minimum absolute atomic E-state index is 0.157. The van der Waals surface area contributed by atoms with Crippen molar-refractivity contribution in [2.24, 2.45) is 5.92 Å². The van der Waals surface area contributed by atoms with E-state index in [1.165, 1.54) is 18.4 Å². The third kappa shape index (κ3) is 5.29. The molecule has 2 atom stereocenters. The number of thiazole rings is 1. The topological polar surface area (TPSA) is 77.5 Å². The van der Waals surface area contributed by atoms with Gasteiger partial charge in [0.15, 0.2) is 5.69 Å². The highest BCUT2D eigenvalue weighted by molar-refractivity contribution is 7.09. The molecule has 1 aromatic heterocycles. The number of ether oxygens (including phenoxy) is 2. The van der Waals surface area contributed by atoms with Gasteiger partial charge in [0, 0.05) is 5.38 Å². The van der Waals surface area contributed by atoms with Gasteiger partial charge in [0.2, 0.25) is 0 Å². The maximum Gasteiger partial charge on any atom is 0.408 e. The van der Waals surface area contributed by atoms with Gasteiger partial charge in [-0.05, 0) is 26.7 Å². The highest BCUT2D eigenvalue weighted by Crippen LogP contribution is 2.28. The summed E-state index contributed by atoms with van der Waals surface area (Å²) in [6, 6.07) is -0.303. The van der Waals surface area contributed by atoms with Crippen LogP contribution < -0.4 is 5.32 Å². The van der Waals surface area contributed by atoms with Crippen LogP contribution in [0.1, 0.15) is 62.6 Å². The van der Waals surface area contributed by atoms with Gasteiger partial charge in [-0.2, -0.15) is 0 Å². The second-order valence-electron chi connectivity index (χ2n) is 6.07. The first-order valence-electron chi connectivity index (χ1n) is 7.21. The highest BCUT2D eigenvalue weighted by atomic mass is 32.1. The molecule has 0 radical (unpaired) electrons. The summed E-state index contributed by atoms with van der Waals surface area (Å²) in [7, 11) is 1.31. The number of esters is 1. The Hall–Kier alpha value is -1.63. The van der Waals surface area contributed by atoms with Crippen LogP contribution >= 0.6 is 11.3 Å². The van der Waals surface area contributed by atoms with E-state index in [0.717, 1.165) is 6.42 Å². The largest absolute Gasteiger partial charge is 0.464 e. The minimum atomic E-state index is -0.565. The predicted molar refractivity (Wildman–Crippen MR) is 85.0 cm³/mol. The van der Waals surface area contributed by atoms with Gasteiger partial charge >= 0.3 is 12.1 Å². The molecule has 6 nitrogen and oxygen atoms in total. The maximum absolute atomic E-state index is 12.0. The summed E-state index contributed by atoms with van der Waals surface area (Å²) in [4.78, 5) is 27.8. The molecule has 0 aromatic carbocycles. The van der Waals surface area contributed by atoms with Gasteiger partial charge in [0.25, 0.3) is 0 Å². The molecule has 1 heterocycles. The number of amides is 1. The Morgan fingerprint density at radius 1 is 1.41 bits per heavy atom.